The van der Waals surface area contributed by atoms with E-state index in [0.717, 1.165) is 9.35 Å². The minimum absolute atomic E-state index is 0.176. The lowest BCUT2D eigenvalue weighted by Crippen LogP contribution is -2.27. The SMILES string of the molecule is CN(Cc1csc(Br)c1)C(=O)c1ccc(N)nn1. The van der Waals surface area contributed by atoms with Crippen LogP contribution in [-0.2, 0) is 6.54 Å². The molecule has 5 nitrogen and oxygen atoms in total. The predicted octanol–water partition coefficient (Wildman–Crippen LogP) is 2.15. The lowest BCUT2D eigenvalue weighted by Gasteiger charge is -2.15. The molecular formula is C11H11BrN4OS. The van der Waals surface area contributed by atoms with Gasteiger partial charge in [0.2, 0.25) is 0 Å². The van der Waals surface area contributed by atoms with Gasteiger partial charge in [-0.3, -0.25) is 4.79 Å². The highest BCUT2D eigenvalue weighted by molar-refractivity contribution is 9.11. The Morgan fingerprint density at radius 2 is 2.28 bits per heavy atom. The predicted molar refractivity (Wildman–Crippen MR) is 74.3 cm³/mol. The van der Waals surface area contributed by atoms with Gasteiger partial charge < -0.3 is 10.6 Å². The summed E-state index contributed by atoms with van der Waals surface area (Å²) < 4.78 is 1.05. The average molecular weight is 327 g/mol. The normalized spacial score (nSPS) is 10.3. The Labute approximate surface area is 117 Å². The molecule has 2 N–H and O–H groups in total. The number of amides is 1. The third-order valence-electron chi connectivity index (χ3n) is 2.29. The Balaban J connectivity index is 2.07. The molecule has 0 spiro atoms. The van der Waals surface area contributed by atoms with Crippen LogP contribution < -0.4 is 5.73 Å². The first-order valence-corrected chi connectivity index (χ1v) is 6.81. The highest BCUT2D eigenvalue weighted by atomic mass is 79.9. The topological polar surface area (TPSA) is 72.1 Å². The number of hydrogen-bond donors (Lipinski definition) is 1. The van der Waals surface area contributed by atoms with Crippen molar-refractivity contribution < 1.29 is 4.79 Å². The number of aromatic nitrogens is 2. The fourth-order valence-corrected chi connectivity index (χ4v) is 2.63. The van der Waals surface area contributed by atoms with E-state index < -0.39 is 0 Å². The smallest absolute Gasteiger partial charge is 0.274 e. The van der Waals surface area contributed by atoms with Crippen LogP contribution in [0.3, 0.4) is 0 Å². The molecule has 0 atom stereocenters. The van der Waals surface area contributed by atoms with Gasteiger partial charge in [0, 0.05) is 13.6 Å². The summed E-state index contributed by atoms with van der Waals surface area (Å²) in [5.74, 6) is 0.126. The van der Waals surface area contributed by atoms with Crippen molar-refractivity contribution in [3.8, 4) is 0 Å². The summed E-state index contributed by atoms with van der Waals surface area (Å²) in [5, 5.41) is 9.44. The van der Waals surface area contributed by atoms with Gasteiger partial charge in [-0.05, 0) is 45.1 Å². The van der Waals surface area contributed by atoms with E-state index in [2.05, 4.69) is 26.1 Å². The van der Waals surface area contributed by atoms with Gasteiger partial charge in [-0.25, -0.2) is 0 Å². The number of carbonyl (C=O) groups is 1. The average Bonchev–Trinajstić information content (AvgIpc) is 2.75. The van der Waals surface area contributed by atoms with E-state index in [4.69, 9.17) is 5.73 Å². The Bertz CT molecular complexity index is 554. The molecule has 7 heteroatoms. The Morgan fingerprint density at radius 1 is 1.50 bits per heavy atom. The molecule has 0 saturated carbocycles. The van der Waals surface area contributed by atoms with Crippen molar-refractivity contribution >= 4 is 39.0 Å². The zero-order valence-corrected chi connectivity index (χ0v) is 12.0. The molecule has 18 heavy (non-hydrogen) atoms. The number of thiophene rings is 1. The maximum Gasteiger partial charge on any atom is 0.274 e. The Kier molecular flexibility index (Phi) is 3.93. The van der Waals surface area contributed by atoms with Crippen molar-refractivity contribution in [3.63, 3.8) is 0 Å². The summed E-state index contributed by atoms with van der Waals surface area (Å²) in [6, 6.07) is 5.13. The van der Waals surface area contributed by atoms with Crippen LogP contribution >= 0.6 is 27.3 Å². The van der Waals surface area contributed by atoms with Crippen LogP contribution in [0, 0.1) is 0 Å². The molecule has 0 radical (unpaired) electrons. The highest BCUT2D eigenvalue weighted by Crippen LogP contribution is 2.21. The standard InChI is InChI=1S/C11H11BrN4OS/c1-16(5-7-4-9(12)18-6-7)11(17)8-2-3-10(13)15-14-8/h2-4,6H,5H2,1H3,(H2,13,15). The van der Waals surface area contributed by atoms with Crippen LogP contribution in [0.15, 0.2) is 27.4 Å². The number of nitrogen functional groups attached to an aromatic ring is 1. The first-order chi connectivity index (χ1) is 8.56. The van der Waals surface area contributed by atoms with Gasteiger partial charge in [0.15, 0.2) is 5.69 Å². The molecule has 0 saturated heterocycles. The van der Waals surface area contributed by atoms with E-state index in [1.54, 1.807) is 35.4 Å². The van der Waals surface area contributed by atoms with Crippen molar-refractivity contribution in [2.75, 3.05) is 12.8 Å². The molecule has 0 unspecified atom stereocenters. The zero-order chi connectivity index (χ0) is 13.1. The monoisotopic (exact) mass is 326 g/mol. The van der Waals surface area contributed by atoms with Gasteiger partial charge in [-0.2, -0.15) is 0 Å². The van der Waals surface area contributed by atoms with Crippen molar-refractivity contribution in [1.82, 2.24) is 15.1 Å². The molecule has 0 bridgehead atoms. The van der Waals surface area contributed by atoms with Crippen LogP contribution in [0.5, 0.6) is 0 Å². The molecule has 1 amide bonds. The summed E-state index contributed by atoms with van der Waals surface area (Å²) in [6.07, 6.45) is 0. The fraction of sp³-hybridized carbons (Fsp3) is 0.182. The lowest BCUT2D eigenvalue weighted by molar-refractivity contribution is 0.0778. The van der Waals surface area contributed by atoms with E-state index in [-0.39, 0.29) is 5.91 Å². The fourth-order valence-electron chi connectivity index (χ4n) is 1.43. The van der Waals surface area contributed by atoms with Gasteiger partial charge in [0.05, 0.1) is 3.79 Å². The van der Waals surface area contributed by atoms with Crippen LogP contribution in [0.4, 0.5) is 5.82 Å². The number of halogens is 1. The maximum absolute atomic E-state index is 12.0. The molecule has 0 fully saturated rings. The first-order valence-electron chi connectivity index (χ1n) is 5.14. The Hall–Kier alpha value is -1.47. The third kappa shape index (κ3) is 3.05. The van der Waals surface area contributed by atoms with Gasteiger partial charge in [-0.15, -0.1) is 21.5 Å². The lowest BCUT2D eigenvalue weighted by atomic mass is 10.3. The number of rotatable bonds is 3. The molecule has 2 rings (SSSR count). The zero-order valence-electron chi connectivity index (χ0n) is 9.63. The van der Waals surface area contributed by atoms with E-state index in [0.29, 0.717) is 18.1 Å². The summed E-state index contributed by atoms with van der Waals surface area (Å²) in [7, 11) is 1.73. The van der Waals surface area contributed by atoms with Crippen molar-refractivity contribution in [3.05, 3.63) is 38.6 Å². The number of nitrogens with two attached hydrogens (primary N) is 1. The number of hydrogen-bond acceptors (Lipinski definition) is 5. The molecule has 0 aromatic carbocycles. The number of anilines is 1. The quantitative estimate of drug-likeness (QED) is 0.938. The second kappa shape index (κ2) is 5.45. The molecule has 94 valence electrons. The van der Waals surface area contributed by atoms with Crippen LogP contribution in [0.25, 0.3) is 0 Å². The summed E-state index contributed by atoms with van der Waals surface area (Å²) in [4.78, 5) is 13.6. The Morgan fingerprint density at radius 3 is 2.83 bits per heavy atom. The van der Waals surface area contributed by atoms with Gasteiger partial charge in [0.25, 0.3) is 5.91 Å². The van der Waals surface area contributed by atoms with Gasteiger partial charge in [0.1, 0.15) is 5.82 Å². The van der Waals surface area contributed by atoms with E-state index in [1.807, 2.05) is 11.4 Å². The molecular weight excluding hydrogens is 316 g/mol. The maximum atomic E-state index is 12.0. The summed E-state index contributed by atoms with van der Waals surface area (Å²) in [5.41, 5.74) is 6.79. The van der Waals surface area contributed by atoms with Gasteiger partial charge in [-0.1, -0.05) is 0 Å². The van der Waals surface area contributed by atoms with E-state index >= 15 is 0 Å². The second-order valence-corrected chi connectivity index (χ2v) is 6.05. The summed E-state index contributed by atoms with van der Waals surface area (Å²) in [6.45, 7) is 0.535. The molecule has 0 aliphatic carbocycles. The van der Waals surface area contributed by atoms with Crippen molar-refractivity contribution in [2.45, 2.75) is 6.54 Å². The molecule has 2 heterocycles. The van der Waals surface area contributed by atoms with Crippen molar-refractivity contribution in [2.24, 2.45) is 0 Å². The van der Waals surface area contributed by atoms with E-state index in [1.165, 1.54) is 0 Å². The minimum Gasteiger partial charge on any atom is -0.382 e. The van der Waals surface area contributed by atoms with E-state index in [9.17, 15) is 4.79 Å². The largest absolute Gasteiger partial charge is 0.382 e. The molecule has 0 aliphatic heterocycles. The second-order valence-electron chi connectivity index (χ2n) is 3.76. The van der Waals surface area contributed by atoms with Crippen LogP contribution in [0.2, 0.25) is 0 Å². The number of nitrogens with zero attached hydrogens (tertiary/aromatic N) is 3. The van der Waals surface area contributed by atoms with Crippen LogP contribution in [-0.4, -0.2) is 28.1 Å². The number of carbonyl (C=O) groups excluding carboxylic acids is 1. The van der Waals surface area contributed by atoms with Crippen LogP contribution in [0.1, 0.15) is 16.1 Å². The minimum atomic E-state index is -0.176. The third-order valence-corrected chi connectivity index (χ3v) is 3.85. The summed E-state index contributed by atoms with van der Waals surface area (Å²) >= 11 is 4.98. The first kappa shape index (κ1) is 13.0. The molecule has 0 aliphatic rings. The highest BCUT2D eigenvalue weighted by Gasteiger charge is 2.14. The molecule has 2 aromatic heterocycles. The molecule has 2 aromatic rings. The van der Waals surface area contributed by atoms with Gasteiger partial charge >= 0.3 is 0 Å². The van der Waals surface area contributed by atoms with Crippen molar-refractivity contribution in [1.29, 1.82) is 0 Å².